The van der Waals surface area contributed by atoms with Crippen LogP contribution in [0.5, 0.6) is 0 Å². The van der Waals surface area contributed by atoms with Crippen LogP contribution in [-0.4, -0.2) is 31.6 Å². The van der Waals surface area contributed by atoms with E-state index in [-0.39, 0.29) is 30.7 Å². The van der Waals surface area contributed by atoms with E-state index in [4.69, 9.17) is 0 Å². The predicted molar refractivity (Wildman–Crippen MR) is 72.7 cm³/mol. The number of hydrogen-bond donors (Lipinski definition) is 2. The lowest BCUT2D eigenvalue weighted by Crippen LogP contribution is -2.35. The van der Waals surface area contributed by atoms with Gasteiger partial charge in [0.2, 0.25) is 15.9 Å². The molecule has 0 aliphatic heterocycles. The van der Waals surface area contributed by atoms with Gasteiger partial charge in [-0.3, -0.25) is 9.78 Å². The number of nitrogens with one attached hydrogen (secondary N) is 2. The van der Waals surface area contributed by atoms with E-state index in [1.807, 2.05) is 0 Å². The van der Waals surface area contributed by atoms with Gasteiger partial charge in [-0.1, -0.05) is 19.9 Å². The van der Waals surface area contributed by atoms with Crippen molar-refractivity contribution in [2.75, 3.05) is 12.3 Å². The highest BCUT2D eigenvalue weighted by molar-refractivity contribution is 7.89. The van der Waals surface area contributed by atoms with Crippen molar-refractivity contribution in [3.63, 3.8) is 0 Å². The fourth-order valence-electron chi connectivity index (χ4n) is 1.28. The number of pyridine rings is 1. The first kappa shape index (κ1) is 15.6. The largest absolute Gasteiger partial charge is 0.355 e. The van der Waals surface area contributed by atoms with Crippen molar-refractivity contribution in [3.8, 4) is 0 Å². The van der Waals surface area contributed by atoms with Gasteiger partial charge in [-0.25, -0.2) is 13.1 Å². The monoisotopic (exact) mass is 285 g/mol. The van der Waals surface area contributed by atoms with Gasteiger partial charge in [0.05, 0.1) is 5.75 Å². The Hall–Kier alpha value is -1.47. The van der Waals surface area contributed by atoms with Crippen molar-refractivity contribution >= 4 is 15.9 Å². The van der Waals surface area contributed by atoms with Gasteiger partial charge in [-0.15, -0.1) is 0 Å². The van der Waals surface area contributed by atoms with Crippen molar-refractivity contribution in [2.24, 2.45) is 5.92 Å². The van der Waals surface area contributed by atoms with Crippen LogP contribution >= 0.6 is 0 Å². The van der Waals surface area contributed by atoms with Crippen molar-refractivity contribution in [1.82, 2.24) is 15.0 Å². The fourth-order valence-corrected chi connectivity index (χ4v) is 2.18. The van der Waals surface area contributed by atoms with Crippen LogP contribution in [0, 0.1) is 5.92 Å². The van der Waals surface area contributed by atoms with E-state index in [9.17, 15) is 13.2 Å². The molecule has 0 bridgehead atoms. The predicted octanol–water partition coefficient (Wildman–Crippen LogP) is 0.273. The molecule has 0 saturated heterocycles. The van der Waals surface area contributed by atoms with Crippen LogP contribution in [0.1, 0.15) is 19.4 Å². The fraction of sp³-hybridized carbons (Fsp3) is 0.500. The number of sulfonamides is 1. The summed E-state index contributed by atoms with van der Waals surface area (Å²) in [6, 6.07) is 3.53. The molecule has 19 heavy (non-hydrogen) atoms. The van der Waals surface area contributed by atoms with E-state index in [1.165, 1.54) is 0 Å². The Kier molecular flexibility index (Phi) is 5.91. The molecular weight excluding hydrogens is 266 g/mol. The molecule has 1 rings (SSSR count). The number of carbonyl (C=O) groups is 1. The molecule has 0 aromatic carbocycles. The molecule has 0 radical (unpaired) electrons. The maximum absolute atomic E-state index is 11.7. The van der Waals surface area contributed by atoms with Gasteiger partial charge in [0.1, 0.15) is 0 Å². The molecule has 0 unspecified atom stereocenters. The van der Waals surface area contributed by atoms with Gasteiger partial charge < -0.3 is 5.32 Å². The number of aromatic nitrogens is 1. The highest BCUT2D eigenvalue weighted by Gasteiger charge is 2.12. The van der Waals surface area contributed by atoms with Crippen LogP contribution in [0.4, 0.5) is 0 Å². The number of carbonyl (C=O) groups excluding carboxylic acids is 1. The Morgan fingerprint density at radius 2 is 2.16 bits per heavy atom. The molecule has 106 valence electrons. The molecule has 0 saturated carbocycles. The van der Waals surface area contributed by atoms with E-state index in [1.54, 1.807) is 38.4 Å². The van der Waals surface area contributed by atoms with Gasteiger partial charge in [-0.05, 0) is 11.6 Å². The first-order chi connectivity index (χ1) is 8.91. The Morgan fingerprint density at radius 1 is 1.42 bits per heavy atom. The first-order valence-electron chi connectivity index (χ1n) is 6.04. The van der Waals surface area contributed by atoms with Crippen LogP contribution in [0.2, 0.25) is 0 Å². The SMILES string of the molecule is CC(C)C(=O)NCCS(=O)(=O)NCc1cccnc1. The summed E-state index contributed by atoms with van der Waals surface area (Å²) < 4.78 is 25.8. The average Bonchev–Trinajstić information content (AvgIpc) is 2.37. The Labute approximate surface area is 113 Å². The minimum Gasteiger partial charge on any atom is -0.355 e. The summed E-state index contributed by atoms with van der Waals surface area (Å²) in [5.41, 5.74) is 0.789. The summed E-state index contributed by atoms with van der Waals surface area (Å²) in [7, 11) is -3.39. The lowest BCUT2D eigenvalue weighted by molar-refractivity contribution is -0.123. The minimum absolute atomic E-state index is 0.111. The van der Waals surface area contributed by atoms with Crippen molar-refractivity contribution in [2.45, 2.75) is 20.4 Å². The van der Waals surface area contributed by atoms with Crippen molar-refractivity contribution < 1.29 is 13.2 Å². The van der Waals surface area contributed by atoms with Gasteiger partial charge in [-0.2, -0.15) is 0 Å². The van der Waals surface area contributed by atoms with Gasteiger partial charge in [0, 0.05) is 31.4 Å². The summed E-state index contributed by atoms with van der Waals surface area (Å²) in [5.74, 6) is -0.431. The molecule has 0 aliphatic carbocycles. The molecule has 1 aromatic rings. The van der Waals surface area contributed by atoms with E-state index in [0.717, 1.165) is 5.56 Å². The van der Waals surface area contributed by atoms with Crippen LogP contribution in [-0.2, 0) is 21.4 Å². The molecule has 0 spiro atoms. The Balaban J connectivity index is 2.34. The molecule has 6 nitrogen and oxygen atoms in total. The summed E-state index contributed by atoms with van der Waals surface area (Å²) in [4.78, 5) is 15.2. The zero-order valence-corrected chi connectivity index (χ0v) is 11.9. The van der Waals surface area contributed by atoms with Crippen LogP contribution in [0.3, 0.4) is 0 Å². The second kappa shape index (κ2) is 7.20. The highest BCUT2D eigenvalue weighted by atomic mass is 32.2. The van der Waals surface area contributed by atoms with Gasteiger partial charge >= 0.3 is 0 Å². The number of hydrogen-bond acceptors (Lipinski definition) is 4. The van der Waals surface area contributed by atoms with Gasteiger partial charge in [0.25, 0.3) is 0 Å². The normalized spacial score (nSPS) is 11.5. The van der Waals surface area contributed by atoms with E-state index in [0.29, 0.717) is 0 Å². The number of nitrogens with zero attached hydrogens (tertiary/aromatic N) is 1. The molecule has 7 heteroatoms. The number of amides is 1. The second-order valence-electron chi connectivity index (χ2n) is 4.45. The molecule has 0 aliphatic rings. The molecule has 0 fully saturated rings. The van der Waals surface area contributed by atoms with Crippen LogP contribution < -0.4 is 10.0 Å². The van der Waals surface area contributed by atoms with E-state index < -0.39 is 10.0 Å². The topological polar surface area (TPSA) is 88.2 Å². The minimum atomic E-state index is -3.39. The molecule has 0 atom stereocenters. The van der Waals surface area contributed by atoms with E-state index in [2.05, 4.69) is 15.0 Å². The number of rotatable bonds is 7. The van der Waals surface area contributed by atoms with Crippen LogP contribution in [0.25, 0.3) is 0 Å². The molecule has 1 amide bonds. The zero-order valence-electron chi connectivity index (χ0n) is 11.1. The summed E-state index contributed by atoms with van der Waals surface area (Å²) in [6.45, 7) is 3.82. The van der Waals surface area contributed by atoms with Crippen LogP contribution in [0.15, 0.2) is 24.5 Å². The zero-order chi connectivity index (χ0) is 14.3. The molecular formula is C12H19N3O3S. The third kappa shape index (κ3) is 6.30. The second-order valence-corrected chi connectivity index (χ2v) is 6.37. The maximum Gasteiger partial charge on any atom is 0.222 e. The quantitative estimate of drug-likeness (QED) is 0.753. The van der Waals surface area contributed by atoms with Crippen molar-refractivity contribution in [3.05, 3.63) is 30.1 Å². The summed E-state index contributed by atoms with van der Waals surface area (Å²) >= 11 is 0. The summed E-state index contributed by atoms with van der Waals surface area (Å²) in [5, 5.41) is 2.57. The highest BCUT2D eigenvalue weighted by Crippen LogP contribution is 1.96. The molecule has 1 aromatic heterocycles. The molecule has 1 heterocycles. The standard InChI is InChI=1S/C12H19N3O3S/c1-10(2)12(16)14-6-7-19(17,18)15-9-11-4-3-5-13-8-11/h3-5,8,10,15H,6-7,9H2,1-2H3,(H,14,16). The third-order valence-corrected chi connectivity index (χ3v) is 3.74. The molecule has 2 N–H and O–H groups in total. The van der Waals surface area contributed by atoms with Crippen molar-refractivity contribution in [1.29, 1.82) is 0 Å². The summed E-state index contributed by atoms with van der Waals surface area (Å²) in [6.07, 6.45) is 3.22. The average molecular weight is 285 g/mol. The smallest absolute Gasteiger partial charge is 0.222 e. The lowest BCUT2D eigenvalue weighted by atomic mass is 10.2. The third-order valence-electron chi connectivity index (χ3n) is 2.41. The lowest BCUT2D eigenvalue weighted by Gasteiger charge is -2.09. The van der Waals surface area contributed by atoms with Gasteiger partial charge in [0.15, 0.2) is 0 Å². The van der Waals surface area contributed by atoms with E-state index >= 15 is 0 Å². The Morgan fingerprint density at radius 3 is 2.74 bits per heavy atom. The first-order valence-corrected chi connectivity index (χ1v) is 7.70. The maximum atomic E-state index is 11.7. The Bertz CT molecular complexity index is 500.